The highest BCUT2D eigenvalue weighted by molar-refractivity contribution is 5.91. The monoisotopic (exact) mass is 363 g/mol. The lowest BCUT2D eigenvalue weighted by atomic mass is 9.79. The number of carbonyl (C=O) groups excluding carboxylic acids is 2. The molecule has 1 aliphatic carbocycles. The van der Waals surface area contributed by atoms with E-state index in [2.05, 4.69) is 0 Å². The molecule has 142 valence electrons. The second-order valence-electron chi connectivity index (χ2n) is 6.70. The number of esters is 2. The minimum absolute atomic E-state index is 0.127. The van der Waals surface area contributed by atoms with Crippen LogP contribution in [0.5, 0.6) is 0 Å². The highest BCUT2D eigenvalue weighted by Gasteiger charge is 2.33. The van der Waals surface area contributed by atoms with Crippen LogP contribution in [0.25, 0.3) is 0 Å². The Morgan fingerprint density at radius 2 is 1.73 bits per heavy atom. The van der Waals surface area contributed by atoms with Gasteiger partial charge in [0, 0.05) is 6.92 Å². The van der Waals surface area contributed by atoms with Crippen LogP contribution in [0.15, 0.2) is 24.3 Å². The van der Waals surface area contributed by atoms with Gasteiger partial charge in [-0.15, -0.1) is 0 Å². The standard InChI is InChI=1S/C19H25NO6/c1-11-5-3-4-6-15(11)18(23)25-12(2)26-19(24)16(20)13-7-9-14(10-8-13)17(21)22/h3-6,12-14,16H,7-10,20H2,1-2H3,(H,21,22). The molecule has 2 rings (SSSR count). The van der Waals surface area contributed by atoms with Crippen molar-refractivity contribution >= 4 is 17.9 Å². The molecular formula is C19H25NO6. The highest BCUT2D eigenvalue weighted by atomic mass is 16.7. The third-order valence-electron chi connectivity index (χ3n) is 4.82. The Labute approximate surface area is 152 Å². The number of aryl methyl sites for hydroxylation is 1. The van der Waals surface area contributed by atoms with E-state index in [-0.39, 0.29) is 11.8 Å². The van der Waals surface area contributed by atoms with Crippen LogP contribution in [-0.2, 0) is 19.1 Å². The maximum atomic E-state index is 12.2. The highest BCUT2D eigenvalue weighted by Crippen LogP contribution is 2.31. The van der Waals surface area contributed by atoms with Crippen molar-refractivity contribution in [1.29, 1.82) is 0 Å². The smallest absolute Gasteiger partial charge is 0.341 e. The van der Waals surface area contributed by atoms with Crippen LogP contribution in [0.1, 0.15) is 48.5 Å². The van der Waals surface area contributed by atoms with Gasteiger partial charge in [0.15, 0.2) is 0 Å². The van der Waals surface area contributed by atoms with E-state index >= 15 is 0 Å². The number of rotatable bonds is 6. The molecule has 7 heteroatoms. The van der Waals surface area contributed by atoms with E-state index in [1.165, 1.54) is 6.92 Å². The number of benzene rings is 1. The quantitative estimate of drug-likeness (QED) is 0.588. The van der Waals surface area contributed by atoms with E-state index in [0.29, 0.717) is 31.2 Å². The zero-order valence-corrected chi connectivity index (χ0v) is 15.0. The Hall–Kier alpha value is -2.41. The summed E-state index contributed by atoms with van der Waals surface area (Å²) in [5.74, 6) is -2.52. The predicted molar refractivity (Wildman–Crippen MR) is 93.2 cm³/mol. The summed E-state index contributed by atoms with van der Waals surface area (Å²) in [6.45, 7) is 3.25. The third kappa shape index (κ3) is 5.05. The zero-order valence-electron chi connectivity index (χ0n) is 15.0. The number of carbonyl (C=O) groups is 3. The molecule has 1 aliphatic rings. The molecule has 0 aliphatic heterocycles. The van der Waals surface area contributed by atoms with Gasteiger partial charge in [0.05, 0.1) is 11.5 Å². The van der Waals surface area contributed by atoms with Crippen molar-refractivity contribution < 1.29 is 29.0 Å². The number of nitrogens with two attached hydrogens (primary N) is 1. The topological polar surface area (TPSA) is 116 Å². The number of carboxylic acids is 1. The van der Waals surface area contributed by atoms with E-state index in [1.807, 2.05) is 6.07 Å². The Bertz CT molecular complexity index is 666. The van der Waals surface area contributed by atoms with Crippen LogP contribution in [0.2, 0.25) is 0 Å². The maximum absolute atomic E-state index is 12.2. The Morgan fingerprint density at radius 1 is 1.12 bits per heavy atom. The number of aliphatic carboxylic acids is 1. The summed E-state index contributed by atoms with van der Waals surface area (Å²) in [4.78, 5) is 35.3. The van der Waals surface area contributed by atoms with Crippen molar-refractivity contribution in [1.82, 2.24) is 0 Å². The average Bonchev–Trinajstić information content (AvgIpc) is 2.61. The molecule has 1 fully saturated rings. The Morgan fingerprint density at radius 3 is 2.31 bits per heavy atom. The molecular weight excluding hydrogens is 338 g/mol. The number of hydrogen-bond donors (Lipinski definition) is 2. The largest absolute Gasteiger partial charge is 0.481 e. The van der Waals surface area contributed by atoms with Crippen molar-refractivity contribution in [3.8, 4) is 0 Å². The van der Waals surface area contributed by atoms with Crippen LogP contribution in [0.4, 0.5) is 0 Å². The van der Waals surface area contributed by atoms with Gasteiger partial charge in [-0.05, 0) is 50.2 Å². The maximum Gasteiger partial charge on any atom is 0.341 e. The van der Waals surface area contributed by atoms with E-state index < -0.39 is 30.2 Å². The molecule has 0 radical (unpaired) electrons. The molecule has 0 amide bonds. The number of hydrogen-bond acceptors (Lipinski definition) is 6. The molecule has 0 saturated heterocycles. The fraction of sp³-hybridized carbons (Fsp3) is 0.526. The Balaban J connectivity index is 1.84. The summed E-state index contributed by atoms with van der Waals surface area (Å²) in [6, 6.07) is 6.11. The van der Waals surface area contributed by atoms with Crippen molar-refractivity contribution in [2.24, 2.45) is 17.6 Å². The lowest BCUT2D eigenvalue weighted by Gasteiger charge is -2.29. The third-order valence-corrected chi connectivity index (χ3v) is 4.82. The van der Waals surface area contributed by atoms with Crippen LogP contribution in [-0.4, -0.2) is 35.3 Å². The lowest BCUT2D eigenvalue weighted by molar-refractivity contribution is -0.168. The summed E-state index contributed by atoms with van der Waals surface area (Å²) in [5.41, 5.74) is 7.14. The first-order valence-electron chi connectivity index (χ1n) is 8.75. The molecule has 26 heavy (non-hydrogen) atoms. The second kappa shape index (κ2) is 8.80. The fourth-order valence-electron chi connectivity index (χ4n) is 3.20. The fourth-order valence-corrected chi connectivity index (χ4v) is 3.20. The van der Waals surface area contributed by atoms with Gasteiger partial charge >= 0.3 is 17.9 Å². The van der Waals surface area contributed by atoms with Gasteiger partial charge in [0.25, 0.3) is 0 Å². The molecule has 2 unspecified atom stereocenters. The van der Waals surface area contributed by atoms with Gasteiger partial charge in [0.2, 0.25) is 6.29 Å². The van der Waals surface area contributed by atoms with Gasteiger partial charge in [-0.25, -0.2) is 4.79 Å². The molecule has 0 spiro atoms. The van der Waals surface area contributed by atoms with Gasteiger partial charge in [-0.1, -0.05) is 18.2 Å². The van der Waals surface area contributed by atoms with Crippen LogP contribution < -0.4 is 5.73 Å². The summed E-state index contributed by atoms with van der Waals surface area (Å²) in [6.07, 6.45) is 1.06. The summed E-state index contributed by atoms with van der Waals surface area (Å²) < 4.78 is 10.3. The van der Waals surface area contributed by atoms with Gasteiger partial charge in [-0.3, -0.25) is 9.59 Å². The molecule has 0 bridgehead atoms. The molecule has 1 saturated carbocycles. The summed E-state index contributed by atoms with van der Waals surface area (Å²) in [7, 11) is 0. The first-order valence-corrected chi connectivity index (χ1v) is 8.75. The van der Waals surface area contributed by atoms with Crippen molar-refractivity contribution in [3.63, 3.8) is 0 Å². The summed E-state index contributed by atoms with van der Waals surface area (Å²) >= 11 is 0. The van der Waals surface area contributed by atoms with E-state index in [9.17, 15) is 14.4 Å². The van der Waals surface area contributed by atoms with Gasteiger partial charge in [0.1, 0.15) is 6.04 Å². The molecule has 3 N–H and O–H groups in total. The van der Waals surface area contributed by atoms with Crippen LogP contribution >= 0.6 is 0 Å². The first-order chi connectivity index (χ1) is 12.3. The van der Waals surface area contributed by atoms with E-state index in [4.69, 9.17) is 20.3 Å². The molecule has 0 heterocycles. The zero-order chi connectivity index (χ0) is 19.3. The minimum atomic E-state index is -1.06. The minimum Gasteiger partial charge on any atom is -0.481 e. The van der Waals surface area contributed by atoms with Crippen LogP contribution in [0, 0.1) is 18.8 Å². The lowest BCUT2D eigenvalue weighted by Crippen LogP contribution is -2.43. The molecule has 1 aromatic carbocycles. The number of carboxylic acid groups (broad SMARTS) is 1. The summed E-state index contributed by atoms with van der Waals surface area (Å²) in [5, 5.41) is 9.02. The predicted octanol–water partition coefficient (Wildman–Crippen LogP) is 2.26. The SMILES string of the molecule is Cc1ccccc1C(=O)OC(C)OC(=O)C(N)C1CCC(C(=O)O)CC1. The van der Waals surface area contributed by atoms with E-state index in [1.54, 1.807) is 25.1 Å². The van der Waals surface area contributed by atoms with Crippen LogP contribution in [0.3, 0.4) is 0 Å². The number of ether oxygens (including phenoxy) is 2. The second-order valence-corrected chi connectivity index (χ2v) is 6.70. The normalized spacial score (nSPS) is 22.1. The average molecular weight is 363 g/mol. The molecule has 0 aromatic heterocycles. The molecule has 7 nitrogen and oxygen atoms in total. The van der Waals surface area contributed by atoms with Crippen molar-refractivity contribution in [3.05, 3.63) is 35.4 Å². The van der Waals surface area contributed by atoms with Gasteiger partial charge in [-0.2, -0.15) is 0 Å². The first kappa shape index (κ1) is 19.9. The van der Waals surface area contributed by atoms with Crippen molar-refractivity contribution in [2.75, 3.05) is 0 Å². The Kier molecular flexibility index (Phi) is 6.74. The molecule has 1 aromatic rings. The van der Waals surface area contributed by atoms with E-state index in [0.717, 1.165) is 5.56 Å². The van der Waals surface area contributed by atoms with Crippen molar-refractivity contribution in [2.45, 2.75) is 51.9 Å². The van der Waals surface area contributed by atoms with Gasteiger partial charge < -0.3 is 20.3 Å². The molecule has 2 atom stereocenters.